The molecule has 736 valence electrons. The summed E-state index contributed by atoms with van der Waals surface area (Å²) in [7, 11) is 0. The number of carboxylic acid groups (broad SMARTS) is 3. The van der Waals surface area contributed by atoms with Crippen LogP contribution in [0.2, 0.25) is 0 Å². The molecule has 29 N–H and O–H groups in total. The van der Waals surface area contributed by atoms with Gasteiger partial charge >= 0.3 is 17.9 Å². The van der Waals surface area contributed by atoms with E-state index in [4.69, 9.17) is 50.4 Å². The lowest BCUT2D eigenvalue weighted by atomic mass is 9.88. The molecule has 0 spiro atoms. The van der Waals surface area contributed by atoms with E-state index < -0.39 is 304 Å². The van der Waals surface area contributed by atoms with Gasteiger partial charge in [0.25, 0.3) is 5.79 Å². The van der Waals surface area contributed by atoms with Gasteiger partial charge in [0.15, 0.2) is 24.6 Å². The molecule has 0 aromatic rings. The summed E-state index contributed by atoms with van der Waals surface area (Å²) in [4.78, 5) is 239. The summed E-state index contributed by atoms with van der Waals surface area (Å²) in [5, 5.41) is 155. The number of nitrogens with one attached hydrogen (secondary N) is 11. The first-order valence-corrected chi connectivity index (χ1v) is 42.2. The number of ether oxygens (including phenoxy) is 7. The van der Waals surface area contributed by atoms with Crippen LogP contribution in [0.4, 0.5) is 0 Å². The molecule has 0 aliphatic carbocycles. The molecule has 5 fully saturated rings. The van der Waals surface area contributed by atoms with Crippen LogP contribution in [0, 0.1) is 5.92 Å². The fourth-order valence-corrected chi connectivity index (χ4v) is 14.7. The maximum atomic E-state index is 15.3. The largest absolute Gasteiger partial charge is 0.481 e. The molecule has 0 aromatic carbocycles. The molecular formula is C76H126N18O36. The molecule has 54 heteroatoms. The SMILES string of the molecule is CC(=O)N[C@H]1[C@@H](O[C@H](O)[C@H](NC(=O)[C@H](CC(=O)O)NC(=O)[C@@H]2CCCN2C(=O)[C@H](C)NC(=O)[C@H](CO)NC(=O)[C@@H](NC(=O)[C@@H](NC(=O)CNC(=O)CCOCCOCCOCCN)C(C)C)[C@@H](C)O)C(=O)N[C@@H](CCCN=C(N)N)C(=O)N2CCC[C@H]2C(=O)N[C@@H](C)C(=O)N2CCC[C@H]2C(=O)O)O[C@H](CO[C@]2(C(=O)O)C[C@H](O)[C@@H](NC(C)=O)[C@H]([C@H](O)[C@H](O)CO)O2)[C@H](O)[C@@H]1O. The number of aliphatic carboxylic acids is 3. The predicted octanol–water partition coefficient (Wildman–Crippen LogP) is -14.5. The number of carbonyl (C=O) groups is 17. The number of aliphatic imine (C=N–C) groups is 1. The Bertz CT molecular complexity index is 3910. The van der Waals surface area contributed by atoms with Crippen LogP contribution in [0.3, 0.4) is 0 Å². The minimum Gasteiger partial charge on any atom is -0.481 e. The molecule has 5 saturated heterocycles. The maximum Gasteiger partial charge on any atom is 0.364 e. The van der Waals surface area contributed by atoms with Crippen molar-refractivity contribution in [3.8, 4) is 0 Å². The molecule has 5 aliphatic rings. The minimum absolute atomic E-state index is 0.00845. The Kier molecular flexibility index (Phi) is 45.0. The molecular weight excluding hydrogens is 1740 g/mol. The van der Waals surface area contributed by atoms with Crippen molar-refractivity contribution >= 4 is 107 Å². The molecule has 5 heterocycles. The lowest BCUT2D eigenvalue weighted by Crippen LogP contribution is -2.69. The number of aliphatic hydroxyl groups excluding tert-OH is 9. The van der Waals surface area contributed by atoms with Crippen LogP contribution in [0.5, 0.6) is 0 Å². The van der Waals surface area contributed by atoms with Crippen LogP contribution in [0.1, 0.15) is 119 Å². The Balaban J connectivity index is 1.42. The number of rotatable bonds is 53. The summed E-state index contributed by atoms with van der Waals surface area (Å²) in [5.74, 6) is -24.9. The summed E-state index contributed by atoms with van der Waals surface area (Å²) >= 11 is 0. The number of nitrogens with zero attached hydrogens (tertiary/aromatic N) is 4. The maximum absolute atomic E-state index is 15.3. The number of amides is 14. The fourth-order valence-electron chi connectivity index (χ4n) is 14.7. The highest BCUT2D eigenvalue weighted by molar-refractivity contribution is 6.00. The third-order valence-corrected chi connectivity index (χ3v) is 21.5. The summed E-state index contributed by atoms with van der Waals surface area (Å²) in [6, 6.07) is -23.4. The Morgan fingerprint density at radius 2 is 1.08 bits per heavy atom. The highest BCUT2D eigenvalue weighted by Crippen LogP contribution is 2.36. The van der Waals surface area contributed by atoms with Crippen LogP contribution < -0.4 is 75.7 Å². The molecule has 0 bridgehead atoms. The number of carbonyl (C=O) groups excluding carboxylic acids is 14. The molecule has 54 nitrogen and oxygen atoms in total. The van der Waals surface area contributed by atoms with E-state index in [2.05, 4.69) is 58.2 Å². The van der Waals surface area contributed by atoms with Crippen LogP contribution in [0.15, 0.2) is 4.99 Å². The lowest BCUT2D eigenvalue weighted by Gasteiger charge is -2.48. The number of hydrogen-bond donors (Lipinski definition) is 26. The Morgan fingerprint density at radius 3 is 1.62 bits per heavy atom. The number of hydrogen-bond acceptors (Lipinski definition) is 35. The number of carboxylic acids is 3. The number of nitrogens with two attached hydrogens (primary N) is 3. The van der Waals surface area contributed by atoms with Gasteiger partial charge in [0.1, 0.15) is 103 Å². The van der Waals surface area contributed by atoms with Crippen molar-refractivity contribution in [3.05, 3.63) is 0 Å². The van der Waals surface area contributed by atoms with Gasteiger partial charge in [-0.25, -0.2) is 9.59 Å². The number of likely N-dealkylation sites (tertiary alicyclic amines) is 3. The normalized spacial score (nSPS) is 24.8. The van der Waals surface area contributed by atoms with E-state index in [0.717, 1.165) is 42.4 Å². The van der Waals surface area contributed by atoms with Gasteiger partial charge < -0.3 is 185 Å². The smallest absolute Gasteiger partial charge is 0.364 e. The summed E-state index contributed by atoms with van der Waals surface area (Å²) < 4.78 is 38.9. The average molecular weight is 1870 g/mol. The van der Waals surface area contributed by atoms with Gasteiger partial charge in [0.2, 0.25) is 82.7 Å². The summed E-state index contributed by atoms with van der Waals surface area (Å²) in [5.41, 5.74) is 16.5. The molecule has 0 radical (unpaired) electrons. The Hall–Kier alpha value is -10.4. The molecule has 5 rings (SSSR count). The summed E-state index contributed by atoms with van der Waals surface area (Å²) in [6.45, 7) is 5.08. The number of aliphatic hydroxyl groups is 9. The second-order valence-corrected chi connectivity index (χ2v) is 31.9. The molecule has 5 aliphatic heterocycles. The van der Waals surface area contributed by atoms with E-state index >= 15 is 9.59 Å². The lowest BCUT2D eigenvalue weighted by molar-refractivity contribution is -0.339. The molecule has 14 amide bonds. The standard InChI is InChI=1S/C76H126N18O36/c1-34(2)52(89-50(103)30-81-49(102)16-22-124-24-26-126-27-25-125-23-17-77)65(113)90-53(37(5)97)66(114)88-42(31-95)62(110)82-35(3)68(116)92-19-9-14-44(92)64(112)87-41(28-51(104)105)61(109)91-56(67(115)86-40(12-8-18-80-75(78)79)70(118)93-20-10-13-43(93)63(111)83-36(4)69(117)94-21-11-15-45(94)71(119)120)72(121)129-73-55(85-39(7)99)59(108)58(107)48(128-73)33-127-76(74(122)123)29-46(100)54(84-38(6)98)60(130-76)57(106)47(101)32-96/h34-37,40-48,52-60,72-73,95-97,100-101,106-108,121H,8-33,77H2,1-7H3,(H,81,102)(H,82,110)(H,83,111)(H,84,98)(H,85,99)(H,86,115)(H,87,112)(H,88,114)(H,89,103)(H,90,113)(H,91,109)(H,104,105)(H,119,120)(H,122,123)(H4,78,79,80)/t35-,36-,37+,40-,41-,42-,43-,44-,45-,46-,47+,48+,52-,53-,54+,55+,56+,57+,58-,59+,60+,72-,73+,76+/m0/s1. The first-order valence-electron chi connectivity index (χ1n) is 42.2. The van der Waals surface area contributed by atoms with E-state index in [0.29, 0.717) is 32.8 Å². The monoisotopic (exact) mass is 1870 g/mol. The van der Waals surface area contributed by atoms with Crippen LogP contribution in [0.25, 0.3) is 0 Å². The van der Waals surface area contributed by atoms with Crippen molar-refractivity contribution in [2.75, 3.05) is 98.7 Å². The van der Waals surface area contributed by atoms with E-state index in [-0.39, 0.29) is 90.9 Å². The summed E-state index contributed by atoms with van der Waals surface area (Å²) in [6.07, 6.45) is -25.8. The van der Waals surface area contributed by atoms with E-state index in [1.807, 2.05) is 5.32 Å². The van der Waals surface area contributed by atoms with Crippen molar-refractivity contribution in [2.24, 2.45) is 28.1 Å². The quantitative estimate of drug-likeness (QED) is 0.0116. The Morgan fingerprint density at radius 1 is 0.562 bits per heavy atom. The van der Waals surface area contributed by atoms with Gasteiger partial charge in [-0.3, -0.25) is 76.9 Å². The Labute approximate surface area is 744 Å². The predicted molar refractivity (Wildman–Crippen MR) is 437 cm³/mol. The second kappa shape index (κ2) is 53.2. The van der Waals surface area contributed by atoms with E-state index in [9.17, 15) is 133 Å². The highest BCUT2D eigenvalue weighted by atomic mass is 16.8. The van der Waals surface area contributed by atoms with Gasteiger partial charge in [-0.05, 0) is 78.1 Å². The molecule has 130 heavy (non-hydrogen) atoms. The van der Waals surface area contributed by atoms with Crippen molar-refractivity contribution in [1.29, 1.82) is 0 Å². The van der Waals surface area contributed by atoms with Gasteiger partial charge in [0.05, 0.1) is 90.7 Å². The zero-order valence-electron chi connectivity index (χ0n) is 72.9. The first kappa shape index (κ1) is 110. The number of guanidine groups is 1. The van der Waals surface area contributed by atoms with E-state index in [1.54, 1.807) is 0 Å². The zero-order chi connectivity index (χ0) is 97.3. The van der Waals surface area contributed by atoms with Crippen molar-refractivity contribution in [2.45, 2.75) is 265 Å². The van der Waals surface area contributed by atoms with Gasteiger partial charge in [-0.2, -0.15) is 0 Å². The van der Waals surface area contributed by atoms with Gasteiger partial charge in [-0.1, -0.05) is 13.8 Å². The van der Waals surface area contributed by atoms with Crippen molar-refractivity contribution in [3.63, 3.8) is 0 Å². The minimum atomic E-state index is -3.17. The second-order valence-electron chi connectivity index (χ2n) is 31.9. The first-order chi connectivity index (χ1) is 61.2. The topological polar surface area (TPSA) is 830 Å². The molecule has 0 unspecified atom stereocenters. The van der Waals surface area contributed by atoms with E-state index in [1.165, 1.54) is 20.8 Å². The van der Waals surface area contributed by atoms with Crippen molar-refractivity contribution < 1.29 is 176 Å². The van der Waals surface area contributed by atoms with Crippen LogP contribution in [-0.4, -0.2) is 427 Å². The fraction of sp³-hybridized carbons (Fsp3) is 0.763. The zero-order valence-corrected chi connectivity index (χ0v) is 72.9. The van der Waals surface area contributed by atoms with Crippen LogP contribution >= 0.6 is 0 Å². The highest BCUT2D eigenvalue weighted by Gasteiger charge is 2.58. The van der Waals surface area contributed by atoms with Crippen molar-refractivity contribution in [1.82, 2.24) is 73.2 Å². The van der Waals surface area contributed by atoms with Gasteiger partial charge in [-0.15, -0.1) is 0 Å². The third-order valence-electron chi connectivity index (χ3n) is 21.5. The average Bonchev–Trinajstić information content (AvgIpc) is 0.847. The molecule has 0 aromatic heterocycles. The van der Waals surface area contributed by atoms with Crippen LogP contribution in [-0.2, 0) is 115 Å². The molecule has 24 atom stereocenters. The molecule has 0 saturated carbocycles. The van der Waals surface area contributed by atoms with Gasteiger partial charge in [0, 0.05) is 59.4 Å². The third kappa shape index (κ3) is 32.5.